The van der Waals surface area contributed by atoms with Crippen LogP contribution in [0.2, 0.25) is 0 Å². The number of nitrogens with zero attached hydrogens (tertiary/aromatic N) is 3. The van der Waals surface area contributed by atoms with Gasteiger partial charge in [0.15, 0.2) is 0 Å². The summed E-state index contributed by atoms with van der Waals surface area (Å²) in [4.78, 5) is 12.5. The Morgan fingerprint density at radius 2 is 1.68 bits per heavy atom. The van der Waals surface area contributed by atoms with Gasteiger partial charge in [-0.2, -0.15) is 0 Å². The Balaban J connectivity index is 1.54. The van der Waals surface area contributed by atoms with Crippen molar-refractivity contribution in [1.82, 2.24) is 19.8 Å². The number of likely N-dealkylation sites (N-methyl/N-ethyl adjacent to an activating group) is 1. The molecule has 0 amide bonds. The van der Waals surface area contributed by atoms with E-state index in [2.05, 4.69) is 33.0 Å². The maximum Gasteiger partial charge on any atom is 0.123 e. The van der Waals surface area contributed by atoms with Crippen molar-refractivity contribution in [3.8, 4) is 22.4 Å². The van der Waals surface area contributed by atoms with Crippen LogP contribution < -0.4 is 0 Å². The summed E-state index contributed by atoms with van der Waals surface area (Å²) in [6, 6.07) is 10.8. The topological polar surface area (TPSA) is 35.2 Å². The van der Waals surface area contributed by atoms with E-state index in [0.717, 1.165) is 62.4 Å². The lowest BCUT2D eigenvalue weighted by Crippen LogP contribution is -2.44. The SMILES string of the molecule is CN1CCN(CCCc2c[nH]c(-c3ccc(F)cc3)c2-c2ccncc2)CC1. The van der Waals surface area contributed by atoms with Crippen LogP contribution in [0, 0.1) is 5.82 Å². The van der Waals surface area contributed by atoms with Crippen LogP contribution in [-0.4, -0.2) is 59.5 Å². The highest BCUT2D eigenvalue weighted by molar-refractivity contribution is 5.83. The number of hydrogen-bond donors (Lipinski definition) is 1. The Hall–Kier alpha value is -2.50. The van der Waals surface area contributed by atoms with Crippen molar-refractivity contribution in [2.45, 2.75) is 12.8 Å². The number of pyridine rings is 1. The Kier molecular flexibility index (Phi) is 5.84. The number of hydrogen-bond acceptors (Lipinski definition) is 3. The van der Waals surface area contributed by atoms with Crippen LogP contribution in [0.15, 0.2) is 55.0 Å². The summed E-state index contributed by atoms with van der Waals surface area (Å²) in [6.45, 7) is 5.74. The molecule has 0 atom stereocenters. The van der Waals surface area contributed by atoms with Gasteiger partial charge in [0.05, 0.1) is 5.69 Å². The number of nitrogens with one attached hydrogen (secondary N) is 1. The van der Waals surface area contributed by atoms with Gasteiger partial charge in [-0.05, 0) is 79.5 Å². The minimum absolute atomic E-state index is 0.215. The normalized spacial score (nSPS) is 15.8. The molecule has 0 spiro atoms. The largest absolute Gasteiger partial charge is 0.360 e. The average Bonchev–Trinajstić information content (AvgIpc) is 3.14. The minimum atomic E-state index is -0.215. The zero-order valence-electron chi connectivity index (χ0n) is 16.4. The molecule has 1 fully saturated rings. The molecule has 1 aliphatic heterocycles. The number of piperazine rings is 1. The van der Waals surface area contributed by atoms with Gasteiger partial charge in [-0.15, -0.1) is 0 Å². The van der Waals surface area contributed by atoms with E-state index in [-0.39, 0.29) is 5.82 Å². The lowest BCUT2D eigenvalue weighted by atomic mass is 9.96. The first-order chi connectivity index (χ1) is 13.7. The molecule has 3 heterocycles. The van der Waals surface area contributed by atoms with E-state index < -0.39 is 0 Å². The van der Waals surface area contributed by atoms with E-state index in [1.165, 1.54) is 23.3 Å². The van der Waals surface area contributed by atoms with Crippen LogP contribution in [0.25, 0.3) is 22.4 Å². The zero-order valence-corrected chi connectivity index (χ0v) is 16.4. The Labute approximate surface area is 166 Å². The summed E-state index contributed by atoms with van der Waals surface area (Å²) in [6.07, 6.45) is 7.90. The second kappa shape index (κ2) is 8.67. The van der Waals surface area contributed by atoms with Gasteiger partial charge in [-0.3, -0.25) is 4.98 Å². The van der Waals surface area contributed by atoms with Gasteiger partial charge in [0.1, 0.15) is 5.82 Å². The fraction of sp³-hybridized carbons (Fsp3) is 0.348. The van der Waals surface area contributed by atoms with Crippen molar-refractivity contribution >= 4 is 0 Å². The summed E-state index contributed by atoms with van der Waals surface area (Å²) < 4.78 is 13.4. The lowest BCUT2D eigenvalue weighted by molar-refractivity contribution is 0.153. The summed E-state index contributed by atoms with van der Waals surface area (Å²) in [5.74, 6) is -0.215. The van der Waals surface area contributed by atoms with Crippen LogP contribution >= 0.6 is 0 Å². The molecular weight excluding hydrogens is 351 g/mol. The number of H-pyrrole nitrogens is 1. The van der Waals surface area contributed by atoms with Gasteiger partial charge >= 0.3 is 0 Å². The zero-order chi connectivity index (χ0) is 19.3. The number of aromatic amines is 1. The second-order valence-corrected chi connectivity index (χ2v) is 7.56. The van der Waals surface area contributed by atoms with E-state index in [4.69, 9.17) is 0 Å². The summed E-state index contributed by atoms with van der Waals surface area (Å²) >= 11 is 0. The van der Waals surface area contributed by atoms with E-state index >= 15 is 0 Å². The smallest absolute Gasteiger partial charge is 0.123 e. The molecule has 0 aliphatic carbocycles. The molecule has 1 aliphatic rings. The van der Waals surface area contributed by atoms with Gasteiger partial charge in [0, 0.05) is 50.3 Å². The number of aromatic nitrogens is 2. The predicted octanol–water partition coefficient (Wildman–Crippen LogP) is 4.06. The highest BCUT2D eigenvalue weighted by Crippen LogP contribution is 2.35. The molecule has 0 radical (unpaired) electrons. The molecular formula is C23H27FN4. The predicted molar refractivity (Wildman–Crippen MR) is 112 cm³/mol. The molecule has 5 heteroatoms. The van der Waals surface area contributed by atoms with Crippen LogP contribution in [0.4, 0.5) is 4.39 Å². The molecule has 0 unspecified atom stereocenters. The molecule has 4 rings (SSSR count). The summed E-state index contributed by atoms with van der Waals surface area (Å²) in [5, 5.41) is 0. The van der Waals surface area contributed by atoms with Crippen LogP contribution in [-0.2, 0) is 6.42 Å². The third-order valence-corrected chi connectivity index (χ3v) is 5.58. The van der Waals surface area contributed by atoms with Gasteiger partial charge in [-0.1, -0.05) is 0 Å². The third-order valence-electron chi connectivity index (χ3n) is 5.58. The van der Waals surface area contributed by atoms with Crippen molar-refractivity contribution in [3.05, 3.63) is 66.4 Å². The number of rotatable bonds is 6. The average molecular weight is 378 g/mol. The summed E-state index contributed by atoms with van der Waals surface area (Å²) in [7, 11) is 2.19. The maximum atomic E-state index is 13.4. The maximum absolute atomic E-state index is 13.4. The Morgan fingerprint density at radius 1 is 0.964 bits per heavy atom. The number of benzene rings is 1. The highest BCUT2D eigenvalue weighted by atomic mass is 19.1. The van der Waals surface area contributed by atoms with Crippen LogP contribution in [0.1, 0.15) is 12.0 Å². The quantitative estimate of drug-likeness (QED) is 0.702. The van der Waals surface area contributed by atoms with Crippen molar-refractivity contribution in [3.63, 3.8) is 0 Å². The minimum Gasteiger partial charge on any atom is -0.360 e. The molecule has 1 aromatic carbocycles. The van der Waals surface area contributed by atoms with Crippen LogP contribution in [0.3, 0.4) is 0 Å². The van der Waals surface area contributed by atoms with Gasteiger partial charge in [0.2, 0.25) is 0 Å². The first-order valence-corrected chi connectivity index (χ1v) is 9.98. The van der Waals surface area contributed by atoms with E-state index in [1.807, 2.05) is 36.7 Å². The fourth-order valence-electron chi connectivity index (χ4n) is 3.92. The van der Waals surface area contributed by atoms with Crippen molar-refractivity contribution < 1.29 is 4.39 Å². The molecule has 146 valence electrons. The Morgan fingerprint density at radius 3 is 2.39 bits per heavy atom. The lowest BCUT2D eigenvalue weighted by Gasteiger charge is -2.32. The standard InChI is InChI=1S/C23H27FN4/c1-27-13-15-28(16-14-27)12-2-3-20-17-26-23(19-4-6-21(24)7-5-19)22(20)18-8-10-25-11-9-18/h4-11,17,26H,2-3,12-16H2,1H3. The highest BCUT2D eigenvalue weighted by Gasteiger charge is 2.17. The molecule has 1 saturated heterocycles. The van der Waals surface area contributed by atoms with E-state index in [1.54, 1.807) is 0 Å². The van der Waals surface area contributed by atoms with Crippen molar-refractivity contribution in [2.24, 2.45) is 0 Å². The molecule has 3 aromatic rings. The van der Waals surface area contributed by atoms with Crippen molar-refractivity contribution in [1.29, 1.82) is 0 Å². The fourth-order valence-corrected chi connectivity index (χ4v) is 3.92. The molecule has 0 bridgehead atoms. The van der Waals surface area contributed by atoms with E-state index in [0.29, 0.717) is 0 Å². The number of halogens is 1. The van der Waals surface area contributed by atoms with Gasteiger partial charge in [0.25, 0.3) is 0 Å². The monoisotopic (exact) mass is 378 g/mol. The molecule has 28 heavy (non-hydrogen) atoms. The van der Waals surface area contributed by atoms with Gasteiger partial charge in [-0.25, -0.2) is 4.39 Å². The second-order valence-electron chi connectivity index (χ2n) is 7.56. The molecule has 2 aromatic heterocycles. The number of aryl methyl sites for hydroxylation is 1. The molecule has 1 N–H and O–H groups in total. The summed E-state index contributed by atoms with van der Waals surface area (Å²) in [5.41, 5.74) is 5.69. The third kappa shape index (κ3) is 4.32. The van der Waals surface area contributed by atoms with Crippen molar-refractivity contribution in [2.75, 3.05) is 39.8 Å². The molecule has 4 nitrogen and oxygen atoms in total. The van der Waals surface area contributed by atoms with E-state index in [9.17, 15) is 4.39 Å². The Bertz CT molecular complexity index is 881. The van der Waals surface area contributed by atoms with Crippen LogP contribution in [0.5, 0.6) is 0 Å². The van der Waals surface area contributed by atoms with Gasteiger partial charge < -0.3 is 14.8 Å². The molecule has 0 saturated carbocycles. The first kappa shape index (κ1) is 18.8. The first-order valence-electron chi connectivity index (χ1n) is 9.98.